The Morgan fingerprint density at radius 3 is 2.80 bits per heavy atom. The van der Waals surface area contributed by atoms with Crippen LogP contribution < -0.4 is 5.32 Å². The highest BCUT2D eigenvalue weighted by molar-refractivity contribution is 4.97. The van der Waals surface area contributed by atoms with Gasteiger partial charge in [0.25, 0.3) is 0 Å². The Kier molecular flexibility index (Phi) is 5.98. The van der Waals surface area contributed by atoms with E-state index in [1.54, 1.807) is 6.33 Å². The summed E-state index contributed by atoms with van der Waals surface area (Å²) in [4.78, 5) is 4.44. The highest BCUT2D eigenvalue weighted by atomic mass is 16.5. The molecule has 1 fully saturated rings. The van der Waals surface area contributed by atoms with Crippen molar-refractivity contribution in [1.82, 2.24) is 20.1 Å². The standard InChI is InChI=1S/C15H28N4O/c1-4-8-16-13(15(20-3)12-6-7-12)10-14-17-11-18-19(14)9-5-2/h11-13,15-16H,4-10H2,1-3H3. The zero-order valence-corrected chi connectivity index (χ0v) is 13.0. The van der Waals surface area contributed by atoms with Gasteiger partial charge in [0.1, 0.15) is 12.2 Å². The summed E-state index contributed by atoms with van der Waals surface area (Å²) < 4.78 is 7.79. The van der Waals surface area contributed by atoms with Gasteiger partial charge in [-0.3, -0.25) is 4.68 Å². The Balaban J connectivity index is 2.03. The topological polar surface area (TPSA) is 52.0 Å². The maximum Gasteiger partial charge on any atom is 0.138 e. The third kappa shape index (κ3) is 4.03. The third-order valence-electron chi connectivity index (χ3n) is 3.95. The molecule has 0 bridgehead atoms. The van der Waals surface area contributed by atoms with Gasteiger partial charge >= 0.3 is 0 Å². The van der Waals surface area contributed by atoms with Crippen LogP contribution >= 0.6 is 0 Å². The summed E-state index contributed by atoms with van der Waals surface area (Å²) in [5.41, 5.74) is 0. The van der Waals surface area contributed by atoms with Gasteiger partial charge in [0.05, 0.1) is 6.10 Å². The average Bonchev–Trinajstić information content (AvgIpc) is 3.19. The predicted molar refractivity (Wildman–Crippen MR) is 79.6 cm³/mol. The fraction of sp³-hybridized carbons (Fsp3) is 0.867. The molecular weight excluding hydrogens is 252 g/mol. The molecule has 1 aromatic rings. The van der Waals surface area contributed by atoms with E-state index in [-0.39, 0.29) is 0 Å². The van der Waals surface area contributed by atoms with Crippen molar-refractivity contribution >= 4 is 0 Å². The summed E-state index contributed by atoms with van der Waals surface area (Å²) in [6.45, 7) is 6.33. The molecule has 1 heterocycles. The van der Waals surface area contributed by atoms with Gasteiger partial charge in [-0.15, -0.1) is 0 Å². The largest absolute Gasteiger partial charge is 0.380 e. The first kappa shape index (κ1) is 15.4. The molecule has 1 aliphatic carbocycles. The lowest BCUT2D eigenvalue weighted by atomic mass is 10.0. The zero-order valence-electron chi connectivity index (χ0n) is 13.0. The van der Waals surface area contributed by atoms with Gasteiger partial charge in [0, 0.05) is 26.1 Å². The van der Waals surface area contributed by atoms with Crippen LogP contribution in [0.3, 0.4) is 0 Å². The molecule has 2 unspecified atom stereocenters. The summed E-state index contributed by atoms with van der Waals surface area (Å²) in [5.74, 6) is 1.79. The van der Waals surface area contributed by atoms with Gasteiger partial charge in [0.2, 0.25) is 0 Å². The minimum absolute atomic E-state index is 0.299. The molecule has 1 N–H and O–H groups in total. The van der Waals surface area contributed by atoms with Crippen molar-refractivity contribution in [3.8, 4) is 0 Å². The number of hydrogen-bond acceptors (Lipinski definition) is 4. The maximum atomic E-state index is 5.76. The van der Waals surface area contributed by atoms with Crippen molar-refractivity contribution in [2.45, 2.75) is 64.6 Å². The van der Waals surface area contributed by atoms with E-state index in [4.69, 9.17) is 4.74 Å². The van der Waals surface area contributed by atoms with Crippen molar-refractivity contribution < 1.29 is 4.74 Å². The van der Waals surface area contributed by atoms with E-state index < -0.39 is 0 Å². The Bertz CT molecular complexity index is 389. The van der Waals surface area contributed by atoms with Crippen LogP contribution in [-0.4, -0.2) is 40.6 Å². The Hall–Kier alpha value is -0.940. The first-order valence-electron chi connectivity index (χ1n) is 7.93. The zero-order chi connectivity index (χ0) is 14.4. The van der Waals surface area contributed by atoms with Crippen molar-refractivity contribution in [3.05, 3.63) is 12.2 Å². The van der Waals surface area contributed by atoms with Gasteiger partial charge in [-0.25, -0.2) is 4.98 Å². The Morgan fingerprint density at radius 1 is 1.40 bits per heavy atom. The van der Waals surface area contributed by atoms with Gasteiger partial charge in [-0.2, -0.15) is 5.10 Å². The minimum Gasteiger partial charge on any atom is -0.380 e. The van der Waals surface area contributed by atoms with E-state index >= 15 is 0 Å². The smallest absolute Gasteiger partial charge is 0.138 e. The van der Waals surface area contributed by atoms with Crippen LogP contribution in [0.15, 0.2) is 6.33 Å². The second kappa shape index (κ2) is 7.74. The van der Waals surface area contributed by atoms with Crippen molar-refractivity contribution in [2.24, 2.45) is 5.92 Å². The predicted octanol–water partition coefficient (Wildman–Crippen LogP) is 2.02. The van der Waals surface area contributed by atoms with Crippen molar-refractivity contribution in [2.75, 3.05) is 13.7 Å². The molecule has 114 valence electrons. The molecular formula is C15H28N4O. The second-order valence-corrected chi connectivity index (χ2v) is 5.70. The van der Waals surface area contributed by atoms with E-state index in [0.29, 0.717) is 12.1 Å². The van der Waals surface area contributed by atoms with E-state index in [2.05, 4.69) is 29.2 Å². The lowest BCUT2D eigenvalue weighted by Crippen LogP contribution is -2.44. The molecule has 2 rings (SSSR count). The first-order chi connectivity index (χ1) is 9.80. The number of methoxy groups -OCH3 is 1. The SMILES string of the molecule is CCCNC(Cc1ncnn1CCC)C(OC)C1CC1. The molecule has 0 amide bonds. The van der Waals surface area contributed by atoms with Gasteiger partial charge in [-0.05, 0) is 38.1 Å². The molecule has 2 atom stereocenters. The van der Waals surface area contributed by atoms with Crippen LogP contribution in [0.4, 0.5) is 0 Å². The van der Waals surface area contributed by atoms with Gasteiger partial charge in [0.15, 0.2) is 0 Å². The van der Waals surface area contributed by atoms with E-state index in [1.165, 1.54) is 12.8 Å². The molecule has 20 heavy (non-hydrogen) atoms. The van der Waals surface area contributed by atoms with Crippen LogP contribution in [-0.2, 0) is 17.7 Å². The molecule has 1 aromatic heterocycles. The molecule has 0 aromatic carbocycles. The molecule has 0 aliphatic heterocycles. The molecule has 5 nitrogen and oxygen atoms in total. The highest BCUT2D eigenvalue weighted by Gasteiger charge is 2.37. The van der Waals surface area contributed by atoms with E-state index in [1.807, 2.05) is 11.8 Å². The second-order valence-electron chi connectivity index (χ2n) is 5.70. The van der Waals surface area contributed by atoms with Crippen LogP contribution in [0.2, 0.25) is 0 Å². The number of nitrogens with one attached hydrogen (secondary N) is 1. The number of ether oxygens (including phenoxy) is 1. The summed E-state index contributed by atoms with van der Waals surface area (Å²) >= 11 is 0. The first-order valence-corrected chi connectivity index (χ1v) is 7.93. The quantitative estimate of drug-likeness (QED) is 0.712. The molecule has 1 saturated carbocycles. The summed E-state index contributed by atoms with van der Waals surface area (Å²) in [6, 6.07) is 0.340. The van der Waals surface area contributed by atoms with Gasteiger partial charge in [-0.1, -0.05) is 13.8 Å². The van der Waals surface area contributed by atoms with E-state index in [9.17, 15) is 0 Å². The molecule has 1 aliphatic rings. The minimum atomic E-state index is 0.299. The number of aromatic nitrogens is 3. The van der Waals surface area contributed by atoms with Crippen LogP contribution in [0.25, 0.3) is 0 Å². The average molecular weight is 280 g/mol. The van der Waals surface area contributed by atoms with Gasteiger partial charge < -0.3 is 10.1 Å². The number of aryl methyl sites for hydroxylation is 1. The van der Waals surface area contributed by atoms with Crippen molar-refractivity contribution in [1.29, 1.82) is 0 Å². The molecule has 5 heteroatoms. The normalized spacial score (nSPS) is 18.1. The number of nitrogens with zero attached hydrogens (tertiary/aromatic N) is 3. The highest BCUT2D eigenvalue weighted by Crippen LogP contribution is 2.36. The summed E-state index contributed by atoms with van der Waals surface area (Å²) in [5, 5.41) is 7.97. The molecule has 0 radical (unpaired) electrons. The Labute approximate surface area is 122 Å². The Morgan fingerprint density at radius 2 is 2.20 bits per heavy atom. The lowest BCUT2D eigenvalue weighted by Gasteiger charge is -2.27. The third-order valence-corrected chi connectivity index (χ3v) is 3.95. The van der Waals surface area contributed by atoms with E-state index in [0.717, 1.165) is 44.1 Å². The molecule has 0 spiro atoms. The molecule has 0 saturated heterocycles. The lowest BCUT2D eigenvalue weighted by molar-refractivity contribution is 0.0502. The fourth-order valence-corrected chi connectivity index (χ4v) is 2.79. The fourth-order valence-electron chi connectivity index (χ4n) is 2.79. The van der Waals surface area contributed by atoms with Crippen molar-refractivity contribution in [3.63, 3.8) is 0 Å². The summed E-state index contributed by atoms with van der Waals surface area (Å²) in [7, 11) is 1.83. The van der Waals surface area contributed by atoms with Crippen LogP contribution in [0, 0.1) is 5.92 Å². The maximum absolute atomic E-state index is 5.76. The summed E-state index contributed by atoms with van der Waals surface area (Å²) in [6.07, 6.45) is 7.68. The monoisotopic (exact) mass is 280 g/mol. The number of rotatable bonds is 10. The van der Waals surface area contributed by atoms with Crippen LogP contribution in [0.1, 0.15) is 45.4 Å². The number of hydrogen-bond donors (Lipinski definition) is 1. The van der Waals surface area contributed by atoms with Crippen LogP contribution in [0.5, 0.6) is 0 Å².